The zero-order chi connectivity index (χ0) is 12.8. The van der Waals surface area contributed by atoms with Crippen LogP contribution in [-0.4, -0.2) is 5.91 Å². The van der Waals surface area contributed by atoms with Crippen molar-refractivity contribution in [2.75, 3.05) is 0 Å². The Balaban J connectivity index is 1.92. The Morgan fingerprint density at radius 2 is 1.89 bits per heavy atom. The highest BCUT2D eigenvalue weighted by Crippen LogP contribution is 2.32. The fourth-order valence-corrected chi connectivity index (χ4v) is 2.57. The Kier molecular flexibility index (Phi) is 4.35. The normalized spacial score (nSPS) is 15.9. The SMILES string of the molecule is N#CC(=O)NCc1ccc(C2CCCCC2)cc1. The van der Waals surface area contributed by atoms with Gasteiger partial charge in [-0.3, -0.25) is 4.79 Å². The van der Waals surface area contributed by atoms with E-state index in [1.165, 1.54) is 37.7 Å². The highest BCUT2D eigenvalue weighted by atomic mass is 16.1. The van der Waals surface area contributed by atoms with Crippen LogP contribution in [0.3, 0.4) is 0 Å². The van der Waals surface area contributed by atoms with Crippen LogP contribution in [0.15, 0.2) is 24.3 Å². The molecule has 0 bridgehead atoms. The van der Waals surface area contributed by atoms with Gasteiger partial charge in [-0.1, -0.05) is 43.5 Å². The van der Waals surface area contributed by atoms with Gasteiger partial charge in [0.15, 0.2) is 6.07 Å². The Morgan fingerprint density at radius 1 is 1.22 bits per heavy atom. The summed E-state index contributed by atoms with van der Waals surface area (Å²) in [5.74, 6) is 0.132. The van der Waals surface area contributed by atoms with Gasteiger partial charge >= 0.3 is 5.91 Å². The third-order valence-corrected chi connectivity index (χ3v) is 3.61. The number of amides is 1. The van der Waals surface area contributed by atoms with Gasteiger partial charge in [0.1, 0.15) is 0 Å². The molecule has 0 saturated heterocycles. The molecule has 1 aliphatic carbocycles. The number of nitriles is 1. The van der Waals surface area contributed by atoms with Crippen molar-refractivity contribution < 1.29 is 4.79 Å². The Bertz CT molecular complexity index is 439. The summed E-state index contributed by atoms with van der Waals surface area (Å²) < 4.78 is 0. The van der Waals surface area contributed by atoms with Crippen LogP contribution in [0.5, 0.6) is 0 Å². The van der Waals surface area contributed by atoms with Crippen molar-refractivity contribution in [1.29, 1.82) is 5.26 Å². The highest BCUT2D eigenvalue weighted by molar-refractivity contribution is 5.91. The van der Waals surface area contributed by atoms with E-state index in [9.17, 15) is 4.79 Å². The lowest BCUT2D eigenvalue weighted by Gasteiger charge is -2.22. The van der Waals surface area contributed by atoms with Gasteiger partial charge in [-0.25, -0.2) is 0 Å². The molecule has 0 atom stereocenters. The smallest absolute Gasteiger partial charge is 0.322 e. The molecular weight excluding hydrogens is 224 g/mol. The van der Waals surface area contributed by atoms with E-state index in [0.717, 1.165) is 5.56 Å². The van der Waals surface area contributed by atoms with Gasteiger partial charge in [0.25, 0.3) is 0 Å². The zero-order valence-corrected chi connectivity index (χ0v) is 10.5. The van der Waals surface area contributed by atoms with Gasteiger partial charge in [0.2, 0.25) is 0 Å². The van der Waals surface area contributed by atoms with E-state index in [4.69, 9.17) is 5.26 Å². The monoisotopic (exact) mass is 242 g/mol. The number of rotatable bonds is 3. The lowest BCUT2D eigenvalue weighted by atomic mass is 9.84. The summed E-state index contributed by atoms with van der Waals surface area (Å²) >= 11 is 0. The first-order chi connectivity index (χ1) is 8.79. The summed E-state index contributed by atoms with van der Waals surface area (Å²) in [4.78, 5) is 10.8. The van der Waals surface area contributed by atoms with Gasteiger partial charge < -0.3 is 5.32 Å². The first-order valence-electron chi connectivity index (χ1n) is 6.56. The molecule has 3 heteroatoms. The number of carbonyl (C=O) groups is 1. The number of nitrogens with one attached hydrogen (secondary N) is 1. The first kappa shape index (κ1) is 12.6. The number of hydrogen-bond acceptors (Lipinski definition) is 2. The van der Waals surface area contributed by atoms with Crippen LogP contribution < -0.4 is 5.32 Å². The van der Waals surface area contributed by atoms with Crippen molar-refractivity contribution in [3.8, 4) is 6.07 Å². The van der Waals surface area contributed by atoms with Crippen molar-refractivity contribution in [1.82, 2.24) is 5.32 Å². The van der Waals surface area contributed by atoms with Gasteiger partial charge in [-0.2, -0.15) is 5.26 Å². The standard InChI is InChI=1S/C15H18N2O/c16-10-15(18)17-11-12-6-8-14(9-7-12)13-4-2-1-3-5-13/h6-9,13H,1-5,11H2,(H,17,18). The summed E-state index contributed by atoms with van der Waals surface area (Å²) in [6, 6.07) is 9.95. The molecule has 1 aromatic rings. The molecule has 0 aliphatic heterocycles. The van der Waals surface area contributed by atoms with Crippen molar-refractivity contribution in [3.05, 3.63) is 35.4 Å². The van der Waals surface area contributed by atoms with E-state index in [1.54, 1.807) is 6.07 Å². The van der Waals surface area contributed by atoms with Gasteiger partial charge in [0.05, 0.1) is 0 Å². The molecule has 1 N–H and O–H groups in total. The molecule has 0 unspecified atom stereocenters. The minimum atomic E-state index is -0.577. The molecule has 1 amide bonds. The first-order valence-corrected chi connectivity index (χ1v) is 6.56. The predicted octanol–water partition coefficient (Wildman–Crippen LogP) is 2.87. The lowest BCUT2D eigenvalue weighted by molar-refractivity contribution is -0.116. The average Bonchev–Trinajstić information content (AvgIpc) is 2.46. The molecule has 1 aromatic carbocycles. The maximum Gasteiger partial charge on any atom is 0.322 e. The fourth-order valence-electron chi connectivity index (χ4n) is 2.57. The molecule has 0 aromatic heterocycles. The highest BCUT2D eigenvalue weighted by Gasteiger charge is 2.14. The van der Waals surface area contributed by atoms with Crippen molar-refractivity contribution >= 4 is 5.91 Å². The van der Waals surface area contributed by atoms with E-state index in [2.05, 4.69) is 17.4 Å². The van der Waals surface area contributed by atoms with Crippen LogP contribution in [-0.2, 0) is 11.3 Å². The van der Waals surface area contributed by atoms with Crippen LogP contribution in [0.1, 0.15) is 49.1 Å². The second-order valence-corrected chi connectivity index (χ2v) is 4.87. The lowest BCUT2D eigenvalue weighted by Crippen LogP contribution is -2.20. The van der Waals surface area contributed by atoms with Gasteiger partial charge in [0, 0.05) is 6.54 Å². The quantitative estimate of drug-likeness (QED) is 0.828. The van der Waals surface area contributed by atoms with Gasteiger partial charge in [-0.05, 0) is 29.9 Å². The fraction of sp³-hybridized carbons (Fsp3) is 0.467. The maximum atomic E-state index is 10.8. The van der Waals surface area contributed by atoms with E-state index >= 15 is 0 Å². The number of hydrogen-bond donors (Lipinski definition) is 1. The molecule has 0 heterocycles. The minimum absolute atomic E-state index is 0.428. The topological polar surface area (TPSA) is 52.9 Å². The average molecular weight is 242 g/mol. The molecule has 0 spiro atoms. The third kappa shape index (κ3) is 3.33. The van der Waals surface area contributed by atoms with E-state index < -0.39 is 5.91 Å². The van der Waals surface area contributed by atoms with Crippen LogP contribution in [0.4, 0.5) is 0 Å². The molecule has 18 heavy (non-hydrogen) atoms. The zero-order valence-electron chi connectivity index (χ0n) is 10.5. The molecular formula is C15H18N2O. The van der Waals surface area contributed by atoms with E-state index in [-0.39, 0.29) is 0 Å². The molecule has 1 saturated carbocycles. The Hall–Kier alpha value is -1.82. The second kappa shape index (κ2) is 6.20. The summed E-state index contributed by atoms with van der Waals surface area (Å²) in [6.07, 6.45) is 6.64. The number of carbonyl (C=O) groups excluding carboxylic acids is 1. The molecule has 94 valence electrons. The Labute approximate surface area is 108 Å². The van der Waals surface area contributed by atoms with Crippen molar-refractivity contribution in [2.45, 2.75) is 44.6 Å². The molecule has 1 fully saturated rings. The predicted molar refractivity (Wildman–Crippen MR) is 69.7 cm³/mol. The summed E-state index contributed by atoms with van der Waals surface area (Å²) in [6.45, 7) is 0.428. The van der Waals surface area contributed by atoms with E-state index in [1.807, 2.05) is 12.1 Å². The van der Waals surface area contributed by atoms with Gasteiger partial charge in [-0.15, -0.1) is 0 Å². The van der Waals surface area contributed by atoms with Crippen LogP contribution in [0, 0.1) is 11.3 Å². The molecule has 0 radical (unpaired) electrons. The Morgan fingerprint density at radius 3 is 2.50 bits per heavy atom. The minimum Gasteiger partial charge on any atom is -0.339 e. The summed E-state index contributed by atoms with van der Waals surface area (Å²) in [5.41, 5.74) is 2.45. The molecule has 2 rings (SSSR count). The summed E-state index contributed by atoms with van der Waals surface area (Å²) in [5, 5.41) is 10.9. The number of nitrogens with zero attached hydrogens (tertiary/aromatic N) is 1. The van der Waals surface area contributed by atoms with Crippen molar-refractivity contribution in [3.63, 3.8) is 0 Å². The van der Waals surface area contributed by atoms with Crippen LogP contribution in [0.2, 0.25) is 0 Å². The number of benzene rings is 1. The maximum absolute atomic E-state index is 10.8. The van der Waals surface area contributed by atoms with Crippen molar-refractivity contribution in [2.24, 2.45) is 0 Å². The van der Waals surface area contributed by atoms with E-state index in [0.29, 0.717) is 12.5 Å². The third-order valence-electron chi connectivity index (χ3n) is 3.61. The largest absolute Gasteiger partial charge is 0.339 e. The molecule has 3 nitrogen and oxygen atoms in total. The molecule has 1 aliphatic rings. The van der Waals surface area contributed by atoms with Crippen LogP contribution in [0.25, 0.3) is 0 Å². The van der Waals surface area contributed by atoms with Crippen LogP contribution >= 0.6 is 0 Å². The summed E-state index contributed by atoms with van der Waals surface area (Å²) in [7, 11) is 0. The second-order valence-electron chi connectivity index (χ2n) is 4.87.